The second-order valence-corrected chi connectivity index (χ2v) is 7.07. The van der Waals surface area contributed by atoms with Gasteiger partial charge in [0, 0.05) is 12.1 Å². The molecular formula is C21H26O6. The third kappa shape index (κ3) is 5.21. The Morgan fingerprint density at radius 1 is 1.26 bits per heavy atom. The van der Waals surface area contributed by atoms with Gasteiger partial charge in [-0.15, -0.1) is 6.58 Å². The summed E-state index contributed by atoms with van der Waals surface area (Å²) in [6.07, 6.45) is 2.27. The molecule has 2 aromatic heterocycles. The van der Waals surface area contributed by atoms with Gasteiger partial charge in [-0.05, 0) is 45.7 Å². The average molecular weight is 374 g/mol. The second-order valence-electron chi connectivity index (χ2n) is 7.07. The van der Waals surface area contributed by atoms with Gasteiger partial charge in [-0.3, -0.25) is 0 Å². The highest BCUT2D eigenvalue weighted by Crippen LogP contribution is 2.34. The van der Waals surface area contributed by atoms with Gasteiger partial charge >= 0.3 is 5.63 Å². The molecule has 0 amide bonds. The summed E-state index contributed by atoms with van der Waals surface area (Å²) in [6.45, 7) is 8.84. The highest BCUT2D eigenvalue weighted by molar-refractivity contribution is 6.01. The predicted octanol–water partition coefficient (Wildman–Crippen LogP) is 4.02. The number of hydrogen-bond donors (Lipinski definition) is 2. The number of fused-ring (bicyclic) bond motifs is 2. The predicted molar refractivity (Wildman–Crippen MR) is 105 cm³/mol. The van der Waals surface area contributed by atoms with E-state index in [1.165, 1.54) is 6.07 Å². The lowest BCUT2D eigenvalue weighted by atomic mass is 9.96. The van der Waals surface area contributed by atoms with Crippen molar-refractivity contribution in [2.75, 3.05) is 7.11 Å². The molecule has 0 bridgehead atoms. The first-order valence-corrected chi connectivity index (χ1v) is 8.66. The maximum absolute atomic E-state index is 11.1. The molecule has 0 aliphatic heterocycles. The highest BCUT2D eigenvalue weighted by atomic mass is 16.5. The Morgan fingerprint density at radius 2 is 1.93 bits per heavy atom. The standard InChI is InChI=1S/C12H8O4.C9H18O2/c1-14-12-7-2-3-11(13)16-10(7)6-9-8(12)4-5-15-9;1-7(2)5-6-8(10)9(3,4)11/h2-6H,1H3;8,10-11H,1,5-6H2,2-4H3. The topological polar surface area (TPSA) is 93.0 Å². The van der Waals surface area contributed by atoms with E-state index < -0.39 is 11.7 Å². The van der Waals surface area contributed by atoms with Crippen LogP contribution in [0.5, 0.6) is 5.75 Å². The zero-order valence-corrected chi connectivity index (χ0v) is 16.1. The molecule has 27 heavy (non-hydrogen) atoms. The van der Waals surface area contributed by atoms with Crippen molar-refractivity contribution in [2.45, 2.75) is 45.3 Å². The highest BCUT2D eigenvalue weighted by Gasteiger charge is 2.23. The summed E-state index contributed by atoms with van der Waals surface area (Å²) >= 11 is 0. The first-order chi connectivity index (χ1) is 12.6. The number of aliphatic hydroxyl groups excluding tert-OH is 1. The fraction of sp³-hybridized carbons (Fsp3) is 0.381. The smallest absolute Gasteiger partial charge is 0.336 e. The van der Waals surface area contributed by atoms with Crippen LogP contribution in [0.3, 0.4) is 0 Å². The van der Waals surface area contributed by atoms with E-state index >= 15 is 0 Å². The Labute approximate surface area is 157 Å². The van der Waals surface area contributed by atoms with Gasteiger partial charge in [-0.25, -0.2) is 4.79 Å². The Morgan fingerprint density at radius 3 is 2.52 bits per heavy atom. The van der Waals surface area contributed by atoms with E-state index in [0.717, 1.165) is 22.8 Å². The van der Waals surface area contributed by atoms with Crippen molar-refractivity contribution in [1.82, 2.24) is 0 Å². The number of rotatable bonds is 5. The van der Waals surface area contributed by atoms with Crippen molar-refractivity contribution in [2.24, 2.45) is 0 Å². The van der Waals surface area contributed by atoms with Crippen LogP contribution >= 0.6 is 0 Å². The van der Waals surface area contributed by atoms with Crippen LogP contribution in [0.4, 0.5) is 0 Å². The lowest BCUT2D eigenvalue weighted by molar-refractivity contribution is -0.0509. The number of ether oxygens (including phenoxy) is 1. The SMILES string of the molecule is C=C(C)CCC(O)C(C)(C)O.COc1c2ccoc2cc2oc(=O)ccc12. The van der Waals surface area contributed by atoms with E-state index in [9.17, 15) is 15.0 Å². The fourth-order valence-corrected chi connectivity index (χ4v) is 2.57. The van der Waals surface area contributed by atoms with Crippen LogP contribution < -0.4 is 10.4 Å². The van der Waals surface area contributed by atoms with Gasteiger partial charge in [0.05, 0.1) is 35.9 Å². The van der Waals surface area contributed by atoms with E-state index in [1.807, 2.05) is 13.0 Å². The van der Waals surface area contributed by atoms with Crippen LogP contribution in [0.15, 0.2) is 56.3 Å². The number of allylic oxidation sites excluding steroid dienone is 1. The van der Waals surface area contributed by atoms with E-state index in [-0.39, 0.29) is 5.63 Å². The molecule has 0 saturated carbocycles. The molecule has 1 aromatic carbocycles. The summed E-state index contributed by atoms with van der Waals surface area (Å²) < 4.78 is 15.7. The number of aliphatic hydroxyl groups is 2. The summed E-state index contributed by atoms with van der Waals surface area (Å²) in [6, 6.07) is 6.57. The van der Waals surface area contributed by atoms with E-state index in [1.54, 1.807) is 39.4 Å². The zero-order valence-electron chi connectivity index (χ0n) is 16.1. The molecule has 2 N–H and O–H groups in total. The lowest BCUT2D eigenvalue weighted by Crippen LogP contribution is -2.35. The van der Waals surface area contributed by atoms with E-state index in [4.69, 9.17) is 13.6 Å². The number of furan rings is 1. The summed E-state index contributed by atoms with van der Waals surface area (Å²) in [7, 11) is 1.58. The number of hydrogen-bond acceptors (Lipinski definition) is 6. The third-order valence-corrected chi connectivity index (χ3v) is 4.17. The molecule has 2 heterocycles. The first-order valence-electron chi connectivity index (χ1n) is 8.66. The molecule has 1 unspecified atom stereocenters. The Hall–Kier alpha value is -2.57. The normalized spacial score (nSPS) is 12.5. The minimum Gasteiger partial charge on any atom is -0.495 e. The monoisotopic (exact) mass is 374 g/mol. The quantitative estimate of drug-likeness (QED) is 0.517. The van der Waals surface area contributed by atoms with Crippen molar-refractivity contribution in [1.29, 1.82) is 0 Å². The molecule has 6 heteroatoms. The van der Waals surface area contributed by atoms with E-state index in [2.05, 4.69) is 6.58 Å². The largest absolute Gasteiger partial charge is 0.495 e. The summed E-state index contributed by atoms with van der Waals surface area (Å²) in [5.74, 6) is 0.657. The number of benzene rings is 1. The van der Waals surface area contributed by atoms with Gasteiger partial charge in [-0.2, -0.15) is 0 Å². The van der Waals surface area contributed by atoms with E-state index in [0.29, 0.717) is 23.3 Å². The van der Waals surface area contributed by atoms with Crippen molar-refractivity contribution >= 4 is 21.9 Å². The zero-order chi connectivity index (χ0) is 20.2. The molecule has 146 valence electrons. The summed E-state index contributed by atoms with van der Waals surface area (Å²) in [5, 5.41) is 20.3. The molecule has 0 aliphatic rings. The van der Waals surface area contributed by atoms with Crippen LogP contribution in [0, 0.1) is 0 Å². The van der Waals surface area contributed by atoms with Crippen molar-refractivity contribution < 1.29 is 23.8 Å². The fourth-order valence-electron chi connectivity index (χ4n) is 2.57. The van der Waals surface area contributed by atoms with Gasteiger partial charge in [0.1, 0.15) is 16.9 Å². The van der Waals surface area contributed by atoms with Crippen LogP contribution in [0.2, 0.25) is 0 Å². The first kappa shape index (κ1) is 20.7. The summed E-state index contributed by atoms with van der Waals surface area (Å²) in [4.78, 5) is 11.1. The van der Waals surface area contributed by atoms with Gasteiger partial charge in [0.25, 0.3) is 0 Å². The van der Waals surface area contributed by atoms with Gasteiger partial charge in [-0.1, -0.05) is 5.57 Å². The Balaban J connectivity index is 0.000000211. The van der Waals surface area contributed by atoms with Gasteiger partial charge in [0.15, 0.2) is 0 Å². The Bertz CT molecular complexity index is 974. The molecule has 0 radical (unpaired) electrons. The molecule has 6 nitrogen and oxygen atoms in total. The van der Waals surface area contributed by atoms with Crippen LogP contribution in [0.25, 0.3) is 21.9 Å². The third-order valence-electron chi connectivity index (χ3n) is 4.17. The molecule has 0 fully saturated rings. The minimum atomic E-state index is -0.991. The van der Waals surface area contributed by atoms with Crippen molar-refractivity contribution in [3.05, 3.63) is 53.1 Å². The summed E-state index contributed by atoms with van der Waals surface area (Å²) in [5.41, 5.74) is 0.759. The molecule has 0 spiro atoms. The second kappa shape index (κ2) is 8.41. The average Bonchev–Trinajstić information content (AvgIpc) is 3.04. The minimum absolute atomic E-state index is 0.388. The van der Waals surface area contributed by atoms with Crippen LogP contribution in [0.1, 0.15) is 33.6 Å². The van der Waals surface area contributed by atoms with Crippen LogP contribution in [-0.2, 0) is 0 Å². The van der Waals surface area contributed by atoms with Crippen molar-refractivity contribution in [3.8, 4) is 5.75 Å². The molecular weight excluding hydrogens is 348 g/mol. The molecule has 1 atom stereocenters. The van der Waals surface area contributed by atoms with Crippen molar-refractivity contribution in [3.63, 3.8) is 0 Å². The molecule has 0 saturated heterocycles. The molecule has 0 aliphatic carbocycles. The lowest BCUT2D eigenvalue weighted by Gasteiger charge is -2.24. The maximum atomic E-state index is 11.1. The number of methoxy groups -OCH3 is 1. The van der Waals surface area contributed by atoms with Gasteiger partial charge < -0.3 is 23.8 Å². The maximum Gasteiger partial charge on any atom is 0.336 e. The molecule has 3 aromatic rings. The Kier molecular flexibility index (Phi) is 6.46. The molecule has 3 rings (SSSR count). The van der Waals surface area contributed by atoms with Crippen LogP contribution in [-0.4, -0.2) is 29.0 Å². The van der Waals surface area contributed by atoms with Gasteiger partial charge in [0.2, 0.25) is 0 Å².